The molecule has 1 atom stereocenters. The fourth-order valence-corrected chi connectivity index (χ4v) is 3.80. The molecule has 31 heavy (non-hydrogen) atoms. The van der Waals surface area contributed by atoms with E-state index >= 15 is 0 Å². The van der Waals surface area contributed by atoms with Crippen LogP contribution in [0.1, 0.15) is 46.9 Å². The van der Waals surface area contributed by atoms with E-state index in [4.69, 9.17) is 9.72 Å². The molecule has 0 aliphatic carbocycles. The first kappa shape index (κ1) is 21.4. The number of anilines is 2. The van der Waals surface area contributed by atoms with Crippen LogP contribution in [-0.2, 0) is 11.3 Å². The van der Waals surface area contributed by atoms with Crippen LogP contribution in [0.2, 0.25) is 0 Å². The minimum Gasteiger partial charge on any atom is -0.377 e. The van der Waals surface area contributed by atoms with Gasteiger partial charge in [0, 0.05) is 24.1 Å². The average molecular weight is 419 g/mol. The summed E-state index contributed by atoms with van der Waals surface area (Å²) in [6, 6.07) is 12.2. The van der Waals surface area contributed by atoms with Gasteiger partial charge < -0.3 is 15.2 Å². The van der Waals surface area contributed by atoms with E-state index in [-0.39, 0.29) is 0 Å². The molecule has 0 radical (unpaired) electrons. The lowest BCUT2D eigenvalue weighted by Crippen LogP contribution is -2.22. The Morgan fingerprint density at radius 2 is 1.87 bits per heavy atom. The van der Waals surface area contributed by atoms with Gasteiger partial charge >= 0.3 is 0 Å². The van der Waals surface area contributed by atoms with Crippen molar-refractivity contribution in [3.63, 3.8) is 0 Å². The van der Waals surface area contributed by atoms with Gasteiger partial charge in [0.15, 0.2) is 0 Å². The van der Waals surface area contributed by atoms with Crippen LogP contribution >= 0.6 is 0 Å². The fraction of sp³-hybridized carbons (Fsp3) is 0.360. The van der Waals surface area contributed by atoms with E-state index in [0.717, 1.165) is 58.6 Å². The third-order valence-corrected chi connectivity index (χ3v) is 5.71. The molecule has 0 saturated heterocycles. The quantitative estimate of drug-likeness (QED) is 0.491. The number of ether oxygens (including phenoxy) is 1. The predicted molar refractivity (Wildman–Crippen MR) is 123 cm³/mol. The maximum atomic E-state index is 10.5. The Hall–Kier alpha value is -2.80. The van der Waals surface area contributed by atoms with Gasteiger partial charge in [-0.15, -0.1) is 0 Å². The monoisotopic (exact) mass is 418 g/mol. The van der Waals surface area contributed by atoms with Crippen molar-refractivity contribution in [1.82, 2.24) is 15.3 Å². The summed E-state index contributed by atoms with van der Waals surface area (Å²) >= 11 is 0. The van der Waals surface area contributed by atoms with Gasteiger partial charge in [0.1, 0.15) is 6.23 Å². The third-order valence-electron chi connectivity index (χ3n) is 5.71. The Labute approximate surface area is 183 Å². The maximum absolute atomic E-state index is 10.5. The zero-order valence-corrected chi connectivity index (χ0v) is 18.4. The highest BCUT2D eigenvalue weighted by molar-refractivity contribution is 5.69. The van der Waals surface area contributed by atoms with Crippen LogP contribution in [0.25, 0.3) is 11.3 Å². The van der Waals surface area contributed by atoms with Crippen molar-refractivity contribution in [2.24, 2.45) is 0 Å². The minimum absolute atomic E-state index is 0.555. The Balaban J connectivity index is 1.72. The second kappa shape index (κ2) is 9.56. The number of fused-ring (bicyclic) bond motifs is 9. The molecular formula is C25H30N4O2. The molecule has 3 N–H and O–H groups in total. The Morgan fingerprint density at radius 1 is 1.00 bits per heavy atom. The van der Waals surface area contributed by atoms with Crippen molar-refractivity contribution >= 4 is 11.6 Å². The molecule has 6 heteroatoms. The first-order valence-electron chi connectivity index (χ1n) is 10.8. The van der Waals surface area contributed by atoms with E-state index in [1.54, 1.807) is 0 Å². The number of aliphatic hydroxyl groups excluding tert-OH is 1. The topological polar surface area (TPSA) is 79.3 Å². The molecule has 5 rings (SSSR count). The highest BCUT2D eigenvalue weighted by atomic mass is 16.5. The third kappa shape index (κ3) is 5.10. The summed E-state index contributed by atoms with van der Waals surface area (Å²) < 4.78 is 5.89. The molecule has 3 aromatic rings. The minimum atomic E-state index is -0.691. The number of hydrogen-bond donors (Lipinski definition) is 3. The Bertz CT molecular complexity index is 1070. The lowest BCUT2D eigenvalue weighted by Gasteiger charge is -2.16. The lowest BCUT2D eigenvalue weighted by atomic mass is 9.99. The molecular weight excluding hydrogens is 388 g/mol. The molecule has 6 nitrogen and oxygen atoms in total. The van der Waals surface area contributed by atoms with E-state index in [1.165, 1.54) is 5.56 Å². The van der Waals surface area contributed by atoms with Crippen LogP contribution < -0.4 is 10.6 Å². The van der Waals surface area contributed by atoms with Crippen LogP contribution in [0, 0.1) is 20.8 Å². The molecule has 162 valence electrons. The molecule has 1 unspecified atom stereocenters. The number of aromatic nitrogens is 2. The highest BCUT2D eigenvalue weighted by Crippen LogP contribution is 2.28. The van der Waals surface area contributed by atoms with Gasteiger partial charge in [0.25, 0.3) is 0 Å². The van der Waals surface area contributed by atoms with E-state index in [2.05, 4.69) is 34.7 Å². The lowest BCUT2D eigenvalue weighted by molar-refractivity contribution is 0.111. The number of benzene rings is 2. The van der Waals surface area contributed by atoms with Crippen molar-refractivity contribution in [2.75, 3.05) is 18.5 Å². The molecule has 2 aliphatic rings. The van der Waals surface area contributed by atoms with E-state index < -0.39 is 6.23 Å². The van der Waals surface area contributed by atoms with Gasteiger partial charge in [0.05, 0.1) is 12.3 Å². The zero-order valence-electron chi connectivity index (χ0n) is 18.4. The second-order valence-electron chi connectivity index (χ2n) is 8.18. The molecule has 2 aliphatic heterocycles. The Morgan fingerprint density at radius 3 is 2.71 bits per heavy atom. The Kier molecular flexibility index (Phi) is 6.61. The summed E-state index contributed by atoms with van der Waals surface area (Å²) in [7, 11) is 0. The van der Waals surface area contributed by atoms with Gasteiger partial charge in [0.2, 0.25) is 5.95 Å². The number of aliphatic hydroxyl groups is 1. The molecule has 6 bridgehead atoms. The summed E-state index contributed by atoms with van der Waals surface area (Å²) in [4.78, 5) is 9.28. The van der Waals surface area contributed by atoms with Crippen molar-refractivity contribution in [1.29, 1.82) is 0 Å². The molecule has 0 amide bonds. The van der Waals surface area contributed by atoms with Gasteiger partial charge in [-0.3, -0.25) is 5.32 Å². The van der Waals surface area contributed by atoms with E-state index in [9.17, 15) is 5.11 Å². The molecule has 1 aromatic heterocycles. The summed E-state index contributed by atoms with van der Waals surface area (Å²) in [6.45, 7) is 8.15. The number of nitrogens with one attached hydrogen (secondary N) is 2. The largest absolute Gasteiger partial charge is 0.377 e. The molecule has 0 spiro atoms. The van der Waals surface area contributed by atoms with Crippen LogP contribution in [0.3, 0.4) is 0 Å². The number of hydrogen-bond acceptors (Lipinski definition) is 6. The van der Waals surface area contributed by atoms with Crippen molar-refractivity contribution in [2.45, 2.75) is 46.4 Å². The van der Waals surface area contributed by atoms with Gasteiger partial charge in [-0.1, -0.05) is 24.3 Å². The van der Waals surface area contributed by atoms with Crippen LogP contribution in [-0.4, -0.2) is 28.2 Å². The highest BCUT2D eigenvalue weighted by Gasteiger charge is 2.13. The zero-order chi connectivity index (χ0) is 21.8. The van der Waals surface area contributed by atoms with Gasteiger partial charge in [-0.2, -0.15) is 0 Å². The van der Waals surface area contributed by atoms with Crippen molar-refractivity contribution in [3.8, 4) is 11.3 Å². The van der Waals surface area contributed by atoms with E-state index in [1.807, 2.05) is 44.3 Å². The maximum Gasteiger partial charge on any atom is 0.227 e. The van der Waals surface area contributed by atoms with Gasteiger partial charge in [-0.05, 0) is 80.1 Å². The standard InChI is InChI=1S/C25H30N4O2/c1-16-6-8-21-13-20(16)15-31-11-5-4-10-26-24(30)19-7-9-22(17(2)12-19)23-18(3)14-27-25(28-21)29-23/h6-9,12-14,24,26,30H,4-5,10-11,15H2,1-3H3,(H,27,28,29). The molecule has 0 saturated carbocycles. The molecule has 0 fully saturated rings. The van der Waals surface area contributed by atoms with Crippen LogP contribution in [0.5, 0.6) is 0 Å². The predicted octanol–water partition coefficient (Wildman–Crippen LogP) is 4.70. The summed E-state index contributed by atoms with van der Waals surface area (Å²) in [5.74, 6) is 0.555. The average Bonchev–Trinajstić information content (AvgIpc) is 2.76. The number of nitrogens with zero attached hydrogens (tertiary/aromatic N) is 2. The SMILES string of the molecule is Cc1ccc2cc1COCCCCNC(O)c1ccc(c(C)c1)-c1nc(ncc1C)N2. The summed E-state index contributed by atoms with van der Waals surface area (Å²) in [6.07, 6.45) is 3.03. The van der Waals surface area contributed by atoms with Crippen molar-refractivity contribution < 1.29 is 9.84 Å². The first-order chi connectivity index (χ1) is 15.0. The summed E-state index contributed by atoms with van der Waals surface area (Å²) in [5.41, 5.74) is 8.13. The number of aryl methyl sites for hydroxylation is 3. The van der Waals surface area contributed by atoms with Gasteiger partial charge in [-0.25, -0.2) is 9.97 Å². The summed E-state index contributed by atoms with van der Waals surface area (Å²) in [5, 5.41) is 17.1. The second-order valence-corrected chi connectivity index (χ2v) is 8.18. The fourth-order valence-electron chi connectivity index (χ4n) is 3.80. The number of rotatable bonds is 0. The van der Waals surface area contributed by atoms with Crippen molar-refractivity contribution in [3.05, 3.63) is 70.4 Å². The van der Waals surface area contributed by atoms with E-state index in [0.29, 0.717) is 19.2 Å². The first-order valence-corrected chi connectivity index (χ1v) is 10.8. The van der Waals surface area contributed by atoms with Crippen LogP contribution in [0.4, 0.5) is 11.6 Å². The smallest absolute Gasteiger partial charge is 0.227 e. The normalized spacial score (nSPS) is 17.4. The molecule has 3 heterocycles. The molecule has 2 aromatic carbocycles. The van der Waals surface area contributed by atoms with Crippen LogP contribution in [0.15, 0.2) is 42.6 Å².